The van der Waals surface area contributed by atoms with Crippen LogP contribution in [0.15, 0.2) is 53.3 Å². The van der Waals surface area contributed by atoms with Gasteiger partial charge in [0, 0.05) is 15.1 Å². The Balaban J connectivity index is 1.38. The lowest BCUT2D eigenvalue weighted by atomic mass is 10.2. The van der Waals surface area contributed by atoms with Crippen molar-refractivity contribution in [1.29, 1.82) is 0 Å². The van der Waals surface area contributed by atoms with Crippen LogP contribution < -0.4 is 20.3 Å². The summed E-state index contributed by atoms with van der Waals surface area (Å²) in [5.74, 6) is -0.535. The van der Waals surface area contributed by atoms with E-state index in [-0.39, 0.29) is 46.6 Å². The summed E-state index contributed by atoms with van der Waals surface area (Å²) in [5.41, 5.74) is 1.37. The monoisotopic (exact) mass is 625 g/mol. The molecule has 1 aliphatic heterocycles. The van der Waals surface area contributed by atoms with Crippen LogP contribution in [0.5, 0.6) is 5.88 Å². The van der Waals surface area contributed by atoms with Crippen molar-refractivity contribution in [3.8, 4) is 5.88 Å². The molecule has 2 unspecified atom stereocenters. The lowest BCUT2D eigenvalue weighted by Gasteiger charge is -2.20. The summed E-state index contributed by atoms with van der Waals surface area (Å²) in [6, 6.07) is 14.3. The van der Waals surface area contributed by atoms with Crippen LogP contribution in [-0.4, -0.2) is 31.4 Å². The fourth-order valence-corrected chi connectivity index (χ4v) is 6.45. The molecule has 0 radical (unpaired) electrons. The lowest BCUT2D eigenvalue weighted by Crippen LogP contribution is -2.26. The molecule has 2 aliphatic rings. The summed E-state index contributed by atoms with van der Waals surface area (Å²) in [4.78, 5) is 12.9. The van der Waals surface area contributed by atoms with Crippen molar-refractivity contribution >= 4 is 49.7 Å². The zero-order valence-electron chi connectivity index (χ0n) is 19.5. The number of ether oxygens (including phenoxy) is 2. The van der Waals surface area contributed by atoms with Crippen molar-refractivity contribution in [2.24, 2.45) is 5.92 Å². The van der Waals surface area contributed by atoms with E-state index in [1.165, 1.54) is 10.6 Å². The van der Waals surface area contributed by atoms with E-state index in [2.05, 4.69) is 10.0 Å². The fraction of sp³-hybridized carbons (Fsp3) is 0.320. The maximum atomic E-state index is 14.6. The standard InChI is InChI=1S/C25H25FIN3O5S/c1-15-22(28-20-8-7-18(27)12-19(20)26)23(25-30(24(15)31)9-10-35-25)29-36(32,33)21-11-17(21)14-34-13-16-5-3-2-4-6-16/h2-8,12,17,21,28-29H,9-11,13-14H2,1H3. The molecule has 2 N–H and O–H groups in total. The Morgan fingerprint density at radius 2 is 1.97 bits per heavy atom. The average Bonchev–Trinajstić information content (AvgIpc) is 3.47. The van der Waals surface area contributed by atoms with Gasteiger partial charge in [0.2, 0.25) is 15.9 Å². The maximum Gasteiger partial charge on any atom is 0.258 e. The molecule has 190 valence electrons. The van der Waals surface area contributed by atoms with Crippen LogP contribution in [0.1, 0.15) is 17.5 Å². The first kappa shape index (κ1) is 25.0. The number of benzene rings is 2. The number of anilines is 3. The Bertz CT molecular complexity index is 1460. The number of hydrogen-bond donors (Lipinski definition) is 2. The first-order valence-electron chi connectivity index (χ1n) is 11.5. The summed E-state index contributed by atoms with van der Waals surface area (Å²) in [6.45, 7) is 2.86. The predicted octanol–water partition coefficient (Wildman–Crippen LogP) is 4.38. The van der Waals surface area contributed by atoms with Crippen LogP contribution in [0, 0.1) is 22.2 Å². The van der Waals surface area contributed by atoms with Crippen LogP contribution in [0.2, 0.25) is 0 Å². The zero-order chi connectivity index (χ0) is 25.4. The third-order valence-corrected chi connectivity index (χ3v) is 8.87. The molecule has 5 rings (SSSR count). The van der Waals surface area contributed by atoms with Crippen LogP contribution in [0.25, 0.3) is 0 Å². The molecule has 3 aromatic rings. The minimum Gasteiger partial charge on any atom is -0.475 e. The fourth-order valence-electron chi connectivity index (χ4n) is 4.29. The molecule has 1 fully saturated rings. The molecular weight excluding hydrogens is 600 g/mol. The molecule has 0 bridgehead atoms. The van der Waals surface area contributed by atoms with E-state index in [1.54, 1.807) is 19.1 Å². The number of nitrogens with one attached hydrogen (secondary N) is 2. The summed E-state index contributed by atoms with van der Waals surface area (Å²) in [6.07, 6.45) is 0.466. The van der Waals surface area contributed by atoms with Crippen LogP contribution in [0.3, 0.4) is 0 Å². The van der Waals surface area contributed by atoms with Crippen LogP contribution in [-0.2, 0) is 27.9 Å². The maximum absolute atomic E-state index is 14.6. The molecule has 11 heteroatoms. The van der Waals surface area contributed by atoms with E-state index in [1.807, 2.05) is 52.9 Å². The van der Waals surface area contributed by atoms with Crippen molar-refractivity contribution in [1.82, 2.24) is 4.57 Å². The molecule has 8 nitrogen and oxygen atoms in total. The molecular formula is C25H25FIN3O5S. The number of pyridine rings is 1. The smallest absolute Gasteiger partial charge is 0.258 e. The van der Waals surface area contributed by atoms with Crippen LogP contribution >= 0.6 is 22.6 Å². The summed E-state index contributed by atoms with van der Waals surface area (Å²) < 4.78 is 57.4. The second kappa shape index (κ2) is 10.0. The Morgan fingerprint density at radius 1 is 1.19 bits per heavy atom. The quantitative estimate of drug-likeness (QED) is 0.343. The second-order valence-electron chi connectivity index (χ2n) is 8.92. The van der Waals surface area contributed by atoms with Gasteiger partial charge in [0.05, 0.1) is 36.4 Å². The van der Waals surface area contributed by atoms with Gasteiger partial charge in [0.15, 0.2) is 0 Å². The Hall–Kier alpha value is -2.64. The Kier molecular flexibility index (Phi) is 6.97. The molecule has 0 amide bonds. The van der Waals surface area contributed by atoms with E-state index in [4.69, 9.17) is 9.47 Å². The van der Waals surface area contributed by atoms with Gasteiger partial charge in [-0.3, -0.25) is 14.1 Å². The van der Waals surface area contributed by atoms with E-state index >= 15 is 0 Å². The number of aromatic nitrogens is 1. The molecule has 1 aromatic heterocycles. The number of rotatable bonds is 9. The Labute approximate surface area is 222 Å². The molecule has 2 atom stereocenters. The van der Waals surface area contributed by atoms with E-state index in [9.17, 15) is 17.6 Å². The topological polar surface area (TPSA) is 98.7 Å². The lowest BCUT2D eigenvalue weighted by molar-refractivity contribution is 0.111. The highest BCUT2D eigenvalue weighted by molar-refractivity contribution is 14.1. The molecule has 2 heterocycles. The third kappa shape index (κ3) is 5.09. The molecule has 1 aliphatic carbocycles. The predicted molar refractivity (Wildman–Crippen MR) is 144 cm³/mol. The van der Waals surface area contributed by atoms with Gasteiger partial charge in [-0.1, -0.05) is 30.3 Å². The van der Waals surface area contributed by atoms with Gasteiger partial charge in [0.25, 0.3) is 5.56 Å². The molecule has 2 aromatic carbocycles. The van der Waals surface area contributed by atoms with Gasteiger partial charge in [-0.2, -0.15) is 0 Å². The molecule has 0 spiro atoms. The SMILES string of the molecule is Cc1c(Nc2ccc(I)cc2F)c(NS(=O)(=O)C2CC2COCc2ccccc2)c2n(c1=O)CCO2. The van der Waals surface area contributed by atoms with Gasteiger partial charge in [-0.25, -0.2) is 12.8 Å². The van der Waals surface area contributed by atoms with E-state index < -0.39 is 21.1 Å². The number of halogens is 2. The summed E-state index contributed by atoms with van der Waals surface area (Å²) >= 11 is 2.00. The highest BCUT2D eigenvalue weighted by atomic mass is 127. The third-order valence-electron chi connectivity index (χ3n) is 6.34. The van der Waals surface area contributed by atoms with Crippen molar-refractivity contribution in [2.75, 3.05) is 23.3 Å². The molecule has 0 saturated heterocycles. The minimum atomic E-state index is -3.83. The first-order chi connectivity index (χ1) is 17.2. The number of fused-ring (bicyclic) bond motifs is 1. The number of nitrogens with zero attached hydrogens (tertiary/aromatic N) is 1. The average molecular weight is 625 g/mol. The highest BCUT2D eigenvalue weighted by Gasteiger charge is 2.48. The number of hydrogen-bond acceptors (Lipinski definition) is 6. The van der Waals surface area contributed by atoms with Crippen molar-refractivity contribution in [2.45, 2.75) is 31.7 Å². The largest absolute Gasteiger partial charge is 0.475 e. The van der Waals surface area contributed by atoms with Crippen molar-refractivity contribution in [3.05, 3.63) is 79.4 Å². The zero-order valence-corrected chi connectivity index (χ0v) is 22.4. The van der Waals surface area contributed by atoms with Gasteiger partial charge < -0.3 is 14.8 Å². The van der Waals surface area contributed by atoms with Crippen molar-refractivity contribution < 1.29 is 22.3 Å². The van der Waals surface area contributed by atoms with Crippen molar-refractivity contribution in [3.63, 3.8) is 0 Å². The first-order valence-corrected chi connectivity index (χ1v) is 14.1. The Morgan fingerprint density at radius 3 is 2.72 bits per heavy atom. The summed E-state index contributed by atoms with van der Waals surface area (Å²) in [5, 5.41) is 2.30. The van der Waals surface area contributed by atoms with Gasteiger partial charge >= 0.3 is 0 Å². The molecule has 1 saturated carbocycles. The number of sulfonamides is 1. The van der Waals surface area contributed by atoms with Gasteiger partial charge in [0.1, 0.15) is 18.1 Å². The van der Waals surface area contributed by atoms with E-state index in [0.29, 0.717) is 29.7 Å². The normalized spacial score (nSPS) is 18.4. The van der Waals surface area contributed by atoms with Crippen LogP contribution in [0.4, 0.5) is 21.5 Å². The second-order valence-corrected chi connectivity index (χ2v) is 12.1. The highest BCUT2D eigenvalue weighted by Crippen LogP contribution is 2.43. The minimum absolute atomic E-state index is 0.110. The van der Waals surface area contributed by atoms with Gasteiger partial charge in [-0.05, 0) is 59.7 Å². The molecule has 36 heavy (non-hydrogen) atoms. The van der Waals surface area contributed by atoms with Gasteiger partial charge in [-0.15, -0.1) is 0 Å². The summed E-state index contributed by atoms with van der Waals surface area (Å²) in [7, 11) is -3.83. The van der Waals surface area contributed by atoms with E-state index in [0.717, 1.165) is 5.56 Å².